The summed E-state index contributed by atoms with van der Waals surface area (Å²) in [5, 5.41) is 12.0. The summed E-state index contributed by atoms with van der Waals surface area (Å²) in [5.74, 6) is 0.931. The lowest BCUT2D eigenvalue weighted by molar-refractivity contribution is -0.140. The maximum absolute atomic E-state index is 11.0. The van der Waals surface area contributed by atoms with Gasteiger partial charge >= 0.3 is 5.97 Å². The molecule has 0 aliphatic carbocycles. The monoisotopic (exact) mass is 267 g/mol. The number of aliphatic carboxylic acids is 1. The zero-order chi connectivity index (χ0) is 13.7. The molecular formula is C13H17NO5. The smallest absolute Gasteiger partial charge is 0.324 e. The van der Waals surface area contributed by atoms with Crippen molar-refractivity contribution < 1.29 is 24.1 Å². The van der Waals surface area contributed by atoms with Crippen molar-refractivity contribution in [3.8, 4) is 17.2 Å². The average Bonchev–Trinajstić information content (AvgIpc) is 2.85. The van der Waals surface area contributed by atoms with Crippen molar-refractivity contribution in [2.24, 2.45) is 0 Å². The zero-order valence-electron chi connectivity index (χ0n) is 10.7. The molecule has 0 saturated heterocycles. The minimum Gasteiger partial charge on any atom is -0.491 e. The lowest BCUT2D eigenvalue weighted by atomic mass is 10.3. The SMILES string of the molecule is CCCNC(COc1ccc2c(c1)OCO2)C(=O)O. The van der Waals surface area contributed by atoms with Crippen LogP contribution in [-0.2, 0) is 4.79 Å². The number of benzene rings is 1. The predicted molar refractivity (Wildman–Crippen MR) is 67.8 cm³/mol. The summed E-state index contributed by atoms with van der Waals surface area (Å²) in [4.78, 5) is 11.0. The molecule has 2 rings (SSSR count). The van der Waals surface area contributed by atoms with E-state index in [4.69, 9.17) is 19.3 Å². The number of hydrogen-bond donors (Lipinski definition) is 2. The van der Waals surface area contributed by atoms with E-state index >= 15 is 0 Å². The minimum absolute atomic E-state index is 0.0645. The van der Waals surface area contributed by atoms with E-state index < -0.39 is 12.0 Å². The normalized spacial score (nSPS) is 14.2. The van der Waals surface area contributed by atoms with Gasteiger partial charge in [0.1, 0.15) is 18.4 Å². The molecule has 2 N–H and O–H groups in total. The largest absolute Gasteiger partial charge is 0.491 e. The van der Waals surface area contributed by atoms with Gasteiger partial charge in [-0.05, 0) is 25.1 Å². The molecule has 0 fully saturated rings. The molecule has 0 saturated carbocycles. The second kappa shape index (κ2) is 6.29. The predicted octanol–water partition coefficient (Wildman–Crippen LogP) is 1.25. The van der Waals surface area contributed by atoms with Crippen molar-refractivity contribution in [3.63, 3.8) is 0 Å². The molecule has 6 heteroatoms. The highest BCUT2D eigenvalue weighted by Gasteiger charge is 2.18. The summed E-state index contributed by atoms with van der Waals surface area (Å²) in [5.41, 5.74) is 0. The van der Waals surface area contributed by atoms with Crippen LogP contribution in [0, 0.1) is 0 Å². The fraction of sp³-hybridized carbons (Fsp3) is 0.462. The van der Waals surface area contributed by atoms with Crippen LogP contribution in [0.2, 0.25) is 0 Å². The van der Waals surface area contributed by atoms with E-state index in [1.165, 1.54) is 0 Å². The number of carboxylic acids is 1. The Bertz CT molecular complexity index is 449. The van der Waals surface area contributed by atoms with E-state index in [-0.39, 0.29) is 13.4 Å². The number of hydrogen-bond acceptors (Lipinski definition) is 5. The first kappa shape index (κ1) is 13.5. The Kier molecular flexibility index (Phi) is 4.46. The molecule has 0 bridgehead atoms. The second-order valence-corrected chi connectivity index (χ2v) is 4.17. The van der Waals surface area contributed by atoms with Gasteiger partial charge < -0.3 is 24.6 Å². The van der Waals surface area contributed by atoms with Crippen molar-refractivity contribution in [1.29, 1.82) is 0 Å². The van der Waals surface area contributed by atoms with Crippen molar-refractivity contribution in [2.45, 2.75) is 19.4 Å². The Labute approximate surface area is 111 Å². The van der Waals surface area contributed by atoms with Crippen LogP contribution in [0.4, 0.5) is 0 Å². The summed E-state index contributed by atoms with van der Waals surface area (Å²) in [7, 11) is 0. The summed E-state index contributed by atoms with van der Waals surface area (Å²) >= 11 is 0. The van der Waals surface area contributed by atoms with Crippen molar-refractivity contribution in [3.05, 3.63) is 18.2 Å². The van der Waals surface area contributed by atoms with Crippen LogP contribution in [0.1, 0.15) is 13.3 Å². The molecule has 1 unspecified atom stereocenters. The molecule has 1 atom stereocenters. The quantitative estimate of drug-likeness (QED) is 0.774. The molecule has 19 heavy (non-hydrogen) atoms. The molecular weight excluding hydrogens is 250 g/mol. The molecule has 0 spiro atoms. The Balaban J connectivity index is 1.91. The molecule has 1 heterocycles. The number of nitrogens with one attached hydrogen (secondary N) is 1. The standard InChI is InChI=1S/C13H17NO5/c1-2-5-14-10(13(15)16)7-17-9-3-4-11-12(6-9)19-8-18-11/h3-4,6,10,14H,2,5,7-8H2,1H3,(H,15,16). The van der Waals surface area contributed by atoms with Gasteiger partial charge in [0.25, 0.3) is 0 Å². The van der Waals surface area contributed by atoms with Gasteiger partial charge in [-0.1, -0.05) is 6.92 Å². The van der Waals surface area contributed by atoms with Crippen LogP contribution in [0.5, 0.6) is 17.2 Å². The highest BCUT2D eigenvalue weighted by Crippen LogP contribution is 2.35. The lowest BCUT2D eigenvalue weighted by Gasteiger charge is -2.15. The summed E-state index contributed by atoms with van der Waals surface area (Å²) in [6, 6.07) is 4.45. The van der Waals surface area contributed by atoms with Crippen LogP contribution >= 0.6 is 0 Å². The summed E-state index contributed by atoms with van der Waals surface area (Å²) in [6.07, 6.45) is 0.869. The third kappa shape index (κ3) is 3.51. The van der Waals surface area contributed by atoms with Crippen LogP contribution in [-0.4, -0.2) is 37.1 Å². The van der Waals surface area contributed by atoms with Crippen LogP contribution in [0.15, 0.2) is 18.2 Å². The Hall–Kier alpha value is -1.95. The van der Waals surface area contributed by atoms with Crippen LogP contribution in [0.3, 0.4) is 0 Å². The zero-order valence-corrected chi connectivity index (χ0v) is 10.7. The highest BCUT2D eigenvalue weighted by molar-refractivity contribution is 5.73. The first-order valence-electron chi connectivity index (χ1n) is 6.19. The van der Waals surface area contributed by atoms with Gasteiger partial charge in [-0.2, -0.15) is 0 Å². The number of rotatable bonds is 7. The van der Waals surface area contributed by atoms with Gasteiger partial charge in [0.15, 0.2) is 11.5 Å². The fourth-order valence-electron chi connectivity index (χ4n) is 1.68. The van der Waals surface area contributed by atoms with Gasteiger partial charge in [-0.15, -0.1) is 0 Å². The van der Waals surface area contributed by atoms with E-state index in [1.807, 2.05) is 6.92 Å². The Morgan fingerprint density at radius 2 is 2.26 bits per heavy atom. The summed E-state index contributed by atoms with van der Waals surface area (Å²) < 4.78 is 15.9. The first-order chi connectivity index (χ1) is 9.20. The second-order valence-electron chi connectivity index (χ2n) is 4.17. The van der Waals surface area contributed by atoms with Gasteiger partial charge in [0.05, 0.1) is 0 Å². The summed E-state index contributed by atoms with van der Waals surface area (Å²) in [6.45, 7) is 2.88. The number of carboxylic acid groups (broad SMARTS) is 1. The molecule has 0 aromatic heterocycles. The number of carbonyl (C=O) groups is 1. The van der Waals surface area contributed by atoms with E-state index in [2.05, 4.69) is 5.32 Å². The number of fused-ring (bicyclic) bond motifs is 1. The van der Waals surface area contributed by atoms with Crippen LogP contribution in [0.25, 0.3) is 0 Å². The van der Waals surface area contributed by atoms with E-state index in [0.717, 1.165) is 6.42 Å². The van der Waals surface area contributed by atoms with E-state index in [9.17, 15) is 4.79 Å². The fourth-order valence-corrected chi connectivity index (χ4v) is 1.68. The third-order valence-corrected chi connectivity index (χ3v) is 2.70. The van der Waals surface area contributed by atoms with Crippen LogP contribution < -0.4 is 19.5 Å². The Morgan fingerprint density at radius 3 is 3.00 bits per heavy atom. The molecule has 1 aromatic carbocycles. The average molecular weight is 267 g/mol. The molecule has 0 radical (unpaired) electrons. The molecule has 1 aromatic rings. The lowest BCUT2D eigenvalue weighted by Crippen LogP contribution is -2.41. The molecule has 1 aliphatic rings. The molecule has 6 nitrogen and oxygen atoms in total. The molecule has 0 amide bonds. The minimum atomic E-state index is -0.922. The molecule has 1 aliphatic heterocycles. The third-order valence-electron chi connectivity index (χ3n) is 2.70. The maximum atomic E-state index is 11.0. The topological polar surface area (TPSA) is 77.0 Å². The van der Waals surface area contributed by atoms with E-state index in [0.29, 0.717) is 23.8 Å². The van der Waals surface area contributed by atoms with Crippen molar-refractivity contribution in [1.82, 2.24) is 5.32 Å². The van der Waals surface area contributed by atoms with Gasteiger partial charge in [-0.25, -0.2) is 0 Å². The van der Waals surface area contributed by atoms with Gasteiger partial charge in [0.2, 0.25) is 6.79 Å². The number of ether oxygens (including phenoxy) is 3. The van der Waals surface area contributed by atoms with Crippen molar-refractivity contribution >= 4 is 5.97 Å². The first-order valence-corrected chi connectivity index (χ1v) is 6.19. The molecule has 104 valence electrons. The maximum Gasteiger partial charge on any atom is 0.324 e. The van der Waals surface area contributed by atoms with Crippen molar-refractivity contribution in [2.75, 3.05) is 19.9 Å². The van der Waals surface area contributed by atoms with Gasteiger partial charge in [0, 0.05) is 6.07 Å². The highest BCUT2D eigenvalue weighted by atomic mass is 16.7. The van der Waals surface area contributed by atoms with E-state index in [1.54, 1.807) is 18.2 Å². The van der Waals surface area contributed by atoms with Gasteiger partial charge in [-0.3, -0.25) is 4.79 Å². The Morgan fingerprint density at radius 1 is 1.47 bits per heavy atom.